The van der Waals surface area contributed by atoms with Crippen LogP contribution in [0.2, 0.25) is 0 Å². The van der Waals surface area contributed by atoms with E-state index in [1.165, 1.54) is 0 Å². The number of aliphatic carboxylic acids is 1. The van der Waals surface area contributed by atoms with E-state index in [1.54, 1.807) is 6.20 Å². The summed E-state index contributed by atoms with van der Waals surface area (Å²) < 4.78 is 11.2. The second-order valence-corrected chi connectivity index (χ2v) is 6.35. The van der Waals surface area contributed by atoms with E-state index in [0.29, 0.717) is 17.6 Å². The summed E-state index contributed by atoms with van der Waals surface area (Å²) >= 11 is 0. The van der Waals surface area contributed by atoms with E-state index in [2.05, 4.69) is 21.7 Å². The summed E-state index contributed by atoms with van der Waals surface area (Å²) in [6, 6.07) is 3.88. The molecule has 0 unspecified atom stereocenters. The molecule has 0 amide bonds. The summed E-state index contributed by atoms with van der Waals surface area (Å²) in [7, 11) is 0. The molecule has 2 aromatic heterocycles. The highest BCUT2D eigenvalue weighted by Gasteiger charge is 2.27. The largest absolute Gasteiger partial charge is 0.478 e. The van der Waals surface area contributed by atoms with E-state index in [1.807, 2.05) is 19.1 Å². The third-order valence-electron chi connectivity index (χ3n) is 4.43. The molecule has 132 valence electrons. The molecule has 1 aliphatic rings. The van der Waals surface area contributed by atoms with Gasteiger partial charge in [-0.05, 0) is 38.7 Å². The van der Waals surface area contributed by atoms with E-state index < -0.39 is 5.97 Å². The van der Waals surface area contributed by atoms with Gasteiger partial charge in [-0.15, -0.1) is 0 Å². The molecular weight excluding hydrogens is 322 g/mol. The van der Waals surface area contributed by atoms with Crippen LogP contribution >= 0.6 is 0 Å². The van der Waals surface area contributed by atoms with Gasteiger partial charge in [-0.1, -0.05) is 17.8 Å². The highest BCUT2D eigenvalue weighted by Crippen LogP contribution is 2.33. The number of ether oxygens (including phenoxy) is 1. The number of nitrogens with zero attached hydrogens (tertiary/aromatic N) is 3. The van der Waals surface area contributed by atoms with Crippen LogP contribution in [-0.2, 0) is 11.2 Å². The second kappa shape index (κ2) is 7.46. The smallest absolute Gasteiger partial charge is 0.331 e. The summed E-state index contributed by atoms with van der Waals surface area (Å²) in [4.78, 5) is 19.4. The molecule has 1 N–H and O–H groups in total. The average Bonchev–Trinajstić information content (AvgIpc) is 3.06. The monoisotopic (exact) mass is 343 g/mol. The zero-order chi connectivity index (χ0) is 17.8. The molecule has 2 heterocycles. The second-order valence-electron chi connectivity index (χ2n) is 6.35. The lowest BCUT2D eigenvalue weighted by atomic mass is 9.87. The van der Waals surface area contributed by atoms with Crippen LogP contribution in [0, 0.1) is 6.92 Å². The lowest BCUT2D eigenvalue weighted by molar-refractivity contribution is -0.132. The zero-order valence-electron chi connectivity index (χ0n) is 14.1. The molecule has 0 spiro atoms. The Bertz CT molecular complexity index is 763. The van der Waals surface area contributed by atoms with Crippen LogP contribution in [0.25, 0.3) is 0 Å². The van der Waals surface area contributed by atoms with Gasteiger partial charge >= 0.3 is 5.97 Å². The molecule has 0 aromatic carbocycles. The molecule has 3 rings (SSSR count). The third kappa shape index (κ3) is 4.23. The van der Waals surface area contributed by atoms with E-state index in [0.717, 1.165) is 31.2 Å². The van der Waals surface area contributed by atoms with Gasteiger partial charge in [-0.25, -0.2) is 9.78 Å². The normalized spacial score (nSPS) is 20.2. The molecule has 1 saturated carbocycles. The Morgan fingerprint density at radius 2 is 2.16 bits per heavy atom. The standard InChI is InChI=1S/C18H21N3O4/c1-11-4-3-9-19-17(11)24-14-7-5-13(6-8-14)16-20-15(25-21-16)10-12(2)18(22)23/h3-4,9,13-14H,2,5-8,10H2,1H3,(H,22,23). The minimum absolute atomic E-state index is 0.0399. The first-order valence-corrected chi connectivity index (χ1v) is 8.34. The summed E-state index contributed by atoms with van der Waals surface area (Å²) in [5, 5.41) is 12.9. The zero-order valence-corrected chi connectivity index (χ0v) is 14.1. The van der Waals surface area contributed by atoms with Gasteiger partial charge in [0.05, 0.1) is 6.42 Å². The number of rotatable bonds is 6. The Balaban J connectivity index is 1.54. The molecule has 25 heavy (non-hydrogen) atoms. The van der Waals surface area contributed by atoms with E-state index in [9.17, 15) is 4.79 Å². The van der Waals surface area contributed by atoms with Crippen LogP contribution in [0.4, 0.5) is 0 Å². The predicted octanol–water partition coefficient (Wildman–Crippen LogP) is 3.06. The number of carboxylic acid groups (broad SMARTS) is 1. The number of pyridine rings is 1. The van der Waals surface area contributed by atoms with Crippen molar-refractivity contribution in [3.05, 3.63) is 47.8 Å². The Morgan fingerprint density at radius 3 is 2.84 bits per heavy atom. The van der Waals surface area contributed by atoms with Crippen LogP contribution in [0.3, 0.4) is 0 Å². The van der Waals surface area contributed by atoms with E-state index in [-0.39, 0.29) is 24.0 Å². The maximum absolute atomic E-state index is 10.8. The molecular formula is C18H21N3O4. The van der Waals surface area contributed by atoms with Crippen LogP contribution in [0.5, 0.6) is 5.88 Å². The van der Waals surface area contributed by atoms with Crippen LogP contribution in [-0.4, -0.2) is 32.3 Å². The van der Waals surface area contributed by atoms with Crippen molar-refractivity contribution < 1.29 is 19.2 Å². The molecule has 2 aromatic rings. The SMILES string of the molecule is C=C(Cc1nc(C2CCC(Oc3ncccc3C)CC2)no1)C(=O)O. The first kappa shape index (κ1) is 17.1. The fourth-order valence-corrected chi connectivity index (χ4v) is 2.96. The van der Waals surface area contributed by atoms with E-state index >= 15 is 0 Å². The van der Waals surface area contributed by atoms with Crippen LogP contribution in [0.1, 0.15) is 48.9 Å². The lowest BCUT2D eigenvalue weighted by Crippen LogP contribution is -2.24. The minimum atomic E-state index is -1.05. The quantitative estimate of drug-likeness (QED) is 0.805. The van der Waals surface area contributed by atoms with Crippen molar-refractivity contribution >= 4 is 5.97 Å². The topological polar surface area (TPSA) is 98.3 Å². The van der Waals surface area contributed by atoms with Crippen molar-refractivity contribution in [3.63, 3.8) is 0 Å². The Labute approximate surface area is 145 Å². The van der Waals surface area contributed by atoms with Crippen molar-refractivity contribution in [1.82, 2.24) is 15.1 Å². The van der Waals surface area contributed by atoms with Crippen LogP contribution < -0.4 is 4.74 Å². The lowest BCUT2D eigenvalue weighted by Gasteiger charge is -2.27. The number of carbonyl (C=O) groups is 1. The van der Waals surface area contributed by atoms with Crippen molar-refractivity contribution in [2.45, 2.75) is 51.0 Å². The van der Waals surface area contributed by atoms with Gasteiger partial charge in [0.15, 0.2) is 5.82 Å². The molecule has 0 aliphatic heterocycles. The number of aromatic nitrogens is 3. The first-order valence-electron chi connectivity index (χ1n) is 8.34. The molecule has 0 radical (unpaired) electrons. The average molecular weight is 343 g/mol. The maximum Gasteiger partial charge on any atom is 0.331 e. The number of hydrogen-bond donors (Lipinski definition) is 1. The molecule has 7 nitrogen and oxygen atoms in total. The van der Waals surface area contributed by atoms with Gasteiger partial charge in [0.2, 0.25) is 11.8 Å². The fourth-order valence-electron chi connectivity index (χ4n) is 2.96. The molecule has 0 atom stereocenters. The highest BCUT2D eigenvalue weighted by molar-refractivity contribution is 5.86. The van der Waals surface area contributed by atoms with Crippen molar-refractivity contribution in [2.75, 3.05) is 0 Å². The molecule has 1 fully saturated rings. The Hall–Kier alpha value is -2.70. The molecule has 0 saturated heterocycles. The van der Waals surface area contributed by atoms with Crippen molar-refractivity contribution in [1.29, 1.82) is 0 Å². The van der Waals surface area contributed by atoms with Gasteiger partial charge in [-0.2, -0.15) is 4.98 Å². The van der Waals surface area contributed by atoms with Gasteiger partial charge in [0.1, 0.15) is 6.10 Å². The minimum Gasteiger partial charge on any atom is -0.478 e. The first-order chi connectivity index (χ1) is 12.0. The van der Waals surface area contributed by atoms with Gasteiger partial charge in [0, 0.05) is 23.3 Å². The number of aryl methyl sites for hydroxylation is 1. The van der Waals surface area contributed by atoms with E-state index in [4.69, 9.17) is 14.4 Å². The van der Waals surface area contributed by atoms with Crippen LogP contribution in [0.15, 0.2) is 35.0 Å². The fraction of sp³-hybridized carbons (Fsp3) is 0.444. The van der Waals surface area contributed by atoms with Gasteiger partial charge in [0.25, 0.3) is 0 Å². The Kier molecular flexibility index (Phi) is 5.11. The Morgan fingerprint density at radius 1 is 1.40 bits per heavy atom. The van der Waals surface area contributed by atoms with Gasteiger partial charge in [-0.3, -0.25) is 0 Å². The molecule has 0 bridgehead atoms. The summed E-state index contributed by atoms with van der Waals surface area (Å²) in [5.74, 6) is 0.785. The maximum atomic E-state index is 10.8. The predicted molar refractivity (Wildman–Crippen MR) is 89.4 cm³/mol. The molecule has 1 aliphatic carbocycles. The number of hydrogen-bond acceptors (Lipinski definition) is 6. The highest BCUT2D eigenvalue weighted by atomic mass is 16.5. The summed E-state index contributed by atoms with van der Waals surface area (Å²) in [6.07, 6.45) is 5.53. The van der Waals surface area contributed by atoms with Crippen molar-refractivity contribution in [3.8, 4) is 5.88 Å². The number of carboxylic acids is 1. The van der Waals surface area contributed by atoms with Gasteiger partial charge < -0.3 is 14.4 Å². The third-order valence-corrected chi connectivity index (χ3v) is 4.43. The van der Waals surface area contributed by atoms with Crippen molar-refractivity contribution in [2.24, 2.45) is 0 Å². The summed E-state index contributed by atoms with van der Waals surface area (Å²) in [6.45, 7) is 5.46. The summed E-state index contributed by atoms with van der Waals surface area (Å²) in [5.41, 5.74) is 1.07. The molecule has 7 heteroatoms.